The highest BCUT2D eigenvalue weighted by atomic mass is 16.5. The summed E-state index contributed by atoms with van der Waals surface area (Å²) in [5.41, 5.74) is 0. The summed E-state index contributed by atoms with van der Waals surface area (Å²) in [5.74, 6) is 0.725. The average Bonchev–Trinajstić information content (AvgIpc) is 3.10. The summed E-state index contributed by atoms with van der Waals surface area (Å²) in [6.45, 7) is 3.63. The predicted molar refractivity (Wildman–Crippen MR) is 62.3 cm³/mol. The lowest BCUT2D eigenvalue weighted by atomic mass is 10.3. The van der Waals surface area contributed by atoms with Gasteiger partial charge in [0.1, 0.15) is 0 Å². The van der Waals surface area contributed by atoms with Crippen molar-refractivity contribution in [1.29, 1.82) is 0 Å². The number of carbonyl (C=O) groups is 1. The Morgan fingerprint density at radius 2 is 2.06 bits per heavy atom. The lowest BCUT2D eigenvalue weighted by Gasteiger charge is -2.05. The Bertz CT molecular complexity index is 193. The summed E-state index contributed by atoms with van der Waals surface area (Å²) >= 11 is 0. The summed E-state index contributed by atoms with van der Waals surface area (Å²) < 4.78 is 10.1. The zero-order valence-electron chi connectivity index (χ0n) is 10.2. The quantitative estimate of drug-likeness (QED) is 0.454. The van der Waals surface area contributed by atoms with E-state index >= 15 is 0 Å². The van der Waals surface area contributed by atoms with E-state index in [0.29, 0.717) is 6.42 Å². The molecule has 94 valence electrons. The van der Waals surface area contributed by atoms with Crippen molar-refractivity contribution in [3.05, 3.63) is 0 Å². The van der Waals surface area contributed by atoms with Crippen LogP contribution in [-0.4, -0.2) is 39.4 Å². The Morgan fingerprint density at radius 1 is 1.31 bits per heavy atom. The van der Waals surface area contributed by atoms with Gasteiger partial charge in [-0.3, -0.25) is 4.79 Å². The van der Waals surface area contributed by atoms with E-state index in [1.807, 2.05) is 0 Å². The zero-order chi connectivity index (χ0) is 11.6. The largest absolute Gasteiger partial charge is 0.469 e. The van der Waals surface area contributed by atoms with Crippen molar-refractivity contribution in [3.8, 4) is 0 Å². The fraction of sp³-hybridized carbons (Fsp3) is 0.917. The molecule has 1 saturated carbocycles. The Hall–Kier alpha value is -0.610. The van der Waals surface area contributed by atoms with Crippen LogP contribution in [-0.2, 0) is 14.3 Å². The van der Waals surface area contributed by atoms with Gasteiger partial charge in [-0.1, -0.05) is 0 Å². The van der Waals surface area contributed by atoms with Crippen molar-refractivity contribution in [1.82, 2.24) is 5.32 Å². The van der Waals surface area contributed by atoms with Gasteiger partial charge in [0, 0.05) is 19.6 Å². The minimum atomic E-state index is -0.130. The first-order chi connectivity index (χ1) is 7.83. The molecule has 1 N–H and O–H groups in total. The van der Waals surface area contributed by atoms with E-state index in [4.69, 9.17) is 4.74 Å². The second kappa shape index (κ2) is 8.53. The summed E-state index contributed by atoms with van der Waals surface area (Å²) in [6.07, 6.45) is 5.10. The van der Waals surface area contributed by atoms with Gasteiger partial charge in [-0.15, -0.1) is 0 Å². The highest BCUT2D eigenvalue weighted by Gasteiger charge is 2.20. The molecule has 0 aromatic heterocycles. The minimum Gasteiger partial charge on any atom is -0.469 e. The van der Waals surface area contributed by atoms with E-state index in [1.54, 1.807) is 0 Å². The molecule has 0 spiro atoms. The van der Waals surface area contributed by atoms with Gasteiger partial charge in [-0.2, -0.15) is 0 Å². The molecule has 1 aliphatic carbocycles. The van der Waals surface area contributed by atoms with E-state index in [9.17, 15) is 4.79 Å². The third kappa shape index (κ3) is 7.65. The summed E-state index contributed by atoms with van der Waals surface area (Å²) in [5, 5.41) is 3.28. The molecule has 0 saturated heterocycles. The molecule has 0 aliphatic heterocycles. The molecule has 1 aliphatic rings. The number of rotatable bonds is 10. The molecular weight excluding hydrogens is 206 g/mol. The SMILES string of the molecule is COC(=O)CCCNCCCOCC1CC1. The van der Waals surface area contributed by atoms with Crippen LogP contribution in [0.1, 0.15) is 32.1 Å². The lowest BCUT2D eigenvalue weighted by molar-refractivity contribution is -0.140. The molecule has 0 aromatic carbocycles. The van der Waals surface area contributed by atoms with Crippen LogP contribution in [0.4, 0.5) is 0 Å². The van der Waals surface area contributed by atoms with Crippen molar-refractivity contribution >= 4 is 5.97 Å². The lowest BCUT2D eigenvalue weighted by Crippen LogP contribution is -2.19. The fourth-order valence-corrected chi connectivity index (χ4v) is 1.42. The third-order valence-corrected chi connectivity index (χ3v) is 2.65. The van der Waals surface area contributed by atoms with Crippen LogP contribution in [0.3, 0.4) is 0 Å². The first kappa shape index (κ1) is 13.5. The Morgan fingerprint density at radius 3 is 2.75 bits per heavy atom. The standard InChI is InChI=1S/C12H23NO3/c1-15-12(14)4-2-7-13-8-3-9-16-10-11-5-6-11/h11,13H,2-10H2,1H3. The van der Waals surface area contributed by atoms with Gasteiger partial charge in [-0.05, 0) is 44.7 Å². The van der Waals surface area contributed by atoms with E-state index in [-0.39, 0.29) is 5.97 Å². The third-order valence-electron chi connectivity index (χ3n) is 2.65. The van der Waals surface area contributed by atoms with Crippen LogP contribution in [0.5, 0.6) is 0 Å². The van der Waals surface area contributed by atoms with Gasteiger partial charge in [0.15, 0.2) is 0 Å². The predicted octanol–water partition coefficient (Wildman–Crippen LogP) is 1.35. The van der Waals surface area contributed by atoms with Crippen molar-refractivity contribution in [2.45, 2.75) is 32.1 Å². The van der Waals surface area contributed by atoms with Crippen molar-refractivity contribution in [2.75, 3.05) is 33.4 Å². The summed E-state index contributed by atoms with van der Waals surface area (Å²) in [6, 6.07) is 0. The molecule has 0 aromatic rings. The minimum absolute atomic E-state index is 0.130. The van der Waals surface area contributed by atoms with E-state index in [1.165, 1.54) is 20.0 Å². The number of hydrogen-bond acceptors (Lipinski definition) is 4. The van der Waals surface area contributed by atoms with Gasteiger partial charge in [-0.25, -0.2) is 0 Å². The van der Waals surface area contributed by atoms with Crippen LogP contribution in [0.25, 0.3) is 0 Å². The number of nitrogens with one attached hydrogen (secondary N) is 1. The summed E-state index contributed by atoms with van der Waals surface area (Å²) in [7, 11) is 1.42. The van der Waals surface area contributed by atoms with Crippen molar-refractivity contribution < 1.29 is 14.3 Å². The molecule has 0 unspecified atom stereocenters. The normalized spacial score (nSPS) is 15.1. The second-order valence-electron chi connectivity index (χ2n) is 4.30. The van der Waals surface area contributed by atoms with Gasteiger partial charge in [0.2, 0.25) is 0 Å². The number of methoxy groups -OCH3 is 1. The molecule has 0 amide bonds. The number of ether oxygens (including phenoxy) is 2. The molecule has 1 rings (SSSR count). The zero-order valence-corrected chi connectivity index (χ0v) is 10.2. The molecule has 0 bridgehead atoms. The maximum absolute atomic E-state index is 10.8. The molecule has 1 fully saturated rings. The Labute approximate surface area is 97.7 Å². The monoisotopic (exact) mass is 229 g/mol. The second-order valence-corrected chi connectivity index (χ2v) is 4.30. The molecule has 4 heteroatoms. The first-order valence-corrected chi connectivity index (χ1v) is 6.18. The number of carbonyl (C=O) groups excluding carboxylic acids is 1. The van der Waals surface area contributed by atoms with Gasteiger partial charge < -0.3 is 14.8 Å². The highest BCUT2D eigenvalue weighted by molar-refractivity contribution is 5.68. The maximum atomic E-state index is 10.8. The Kier molecular flexibility index (Phi) is 7.17. The van der Waals surface area contributed by atoms with Crippen molar-refractivity contribution in [2.24, 2.45) is 5.92 Å². The number of hydrogen-bond donors (Lipinski definition) is 1. The van der Waals surface area contributed by atoms with Gasteiger partial charge in [0.05, 0.1) is 7.11 Å². The first-order valence-electron chi connectivity index (χ1n) is 6.18. The van der Waals surface area contributed by atoms with Gasteiger partial charge >= 0.3 is 5.97 Å². The maximum Gasteiger partial charge on any atom is 0.305 e. The summed E-state index contributed by atoms with van der Waals surface area (Å²) in [4.78, 5) is 10.8. The molecule has 0 heterocycles. The van der Waals surface area contributed by atoms with Crippen LogP contribution in [0.2, 0.25) is 0 Å². The molecule has 4 nitrogen and oxygen atoms in total. The highest BCUT2D eigenvalue weighted by Crippen LogP contribution is 2.28. The van der Waals surface area contributed by atoms with Crippen LogP contribution < -0.4 is 5.32 Å². The Balaban J connectivity index is 1.69. The molecule has 16 heavy (non-hydrogen) atoms. The van der Waals surface area contributed by atoms with E-state index in [0.717, 1.165) is 45.1 Å². The molecular formula is C12H23NO3. The topological polar surface area (TPSA) is 47.6 Å². The molecule has 0 radical (unpaired) electrons. The van der Waals surface area contributed by atoms with Crippen LogP contribution in [0.15, 0.2) is 0 Å². The van der Waals surface area contributed by atoms with Crippen LogP contribution in [0, 0.1) is 5.92 Å². The average molecular weight is 229 g/mol. The number of esters is 1. The smallest absolute Gasteiger partial charge is 0.305 e. The van der Waals surface area contributed by atoms with Crippen LogP contribution >= 0.6 is 0 Å². The molecule has 0 atom stereocenters. The fourth-order valence-electron chi connectivity index (χ4n) is 1.42. The van der Waals surface area contributed by atoms with E-state index in [2.05, 4.69) is 10.1 Å². The van der Waals surface area contributed by atoms with E-state index < -0.39 is 0 Å². The van der Waals surface area contributed by atoms with Crippen molar-refractivity contribution in [3.63, 3.8) is 0 Å². The van der Waals surface area contributed by atoms with Gasteiger partial charge in [0.25, 0.3) is 0 Å².